The van der Waals surface area contributed by atoms with Gasteiger partial charge in [0.25, 0.3) is 0 Å². The molecule has 3 heteroatoms. The lowest BCUT2D eigenvalue weighted by Gasteiger charge is -2.16. The van der Waals surface area contributed by atoms with E-state index in [2.05, 4.69) is 13.8 Å². The second-order valence-corrected chi connectivity index (χ2v) is 4.40. The smallest absolute Gasteiger partial charge is 0.404 e. The van der Waals surface area contributed by atoms with Crippen molar-refractivity contribution < 1.29 is 9.53 Å². The average Bonchev–Trinajstić information content (AvgIpc) is 2.24. The third kappa shape index (κ3) is 9.81. The number of unbranched alkanes of at least 4 members (excludes halogenated alkanes) is 5. The quantitative estimate of drug-likeness (QED) is 0.576. The van der Waals surface area contributed by atoms with Gasteiger partial charge in [0.1, 0.15) is 6.10 Å². The minimum Gasteiger partial charge on any atom is -0.446 e. The molecule has 0 fully saturated rings. The maximum atomic E-state index is 10.7. The molecule has 0 saturated carbocycles. The number of ether oxygens (including phenoxy) is 1. The van der Waals surface area contributed by atoms with Crippen LogP contribution < -0.4 is 5.73 Å². The molecule has 0 aromatic carbocycles. The van der Waals surface area contributed by atoms with Gasteiger partial charge in [0.15, 0.2) is 0 Å². The zero-order valence-electron chi connectivity index (χ0n) is 10.8. The molecule has 0 saturated heterocycles. The van der Waals surface area contributed by atoms with Crippen LogP contribution in [0.1, 0.15) is 71.6 Å². The van der Waals surface area contributed by atoms with Gasteiger partial charge in [0.2, 0.25) is 0 Å². The summed E-state index contributed by atoms with van der Waals surface area (Å²) in [5.74, 6) is 0. The van der Waals surface area contributed by atoms with Gasteiger partial charge in [-0.15, -0.1) is 0 Å². The predicted molar refractivity (Wildman–Crippen MR) is 67.4 cm³/mol. The molecule has 0 heterocycles. The van der Waals surface area contributed by atoms with E-state index in [1.165, 1.54) is 25.7 Å². The van der Waals surface area contributed by atoms with Crippen molar-refractivity contribution in [1.82, 2.24) is 0 Å². The van der Waals surface area contributed by atoms with Crippen molar-refractivity contribution in [2.45, 2.75) is 77.7 Å². The third-order valence-corrected chi connectivity index (χ3v) is 2.79. The molecule has 0 aliphatic carbocycles. The highest BCUT2D eigenvalue weighted by atomic mass is 16.6. The van der Waals surface area contributed by atoms with Gasteiger partial charge in [0.05, 0.1) is 0 Å². The van der Waals surface area contributed by atoms with Crippen LogP contribution in [-0.4, -0.2) is 12.2 Å². The summed E-state index contributed by atoms with van der Waals surface area (Å²) in [6.07, 6.45) is 9.79. The summed E-state index contributed by atoms with van der Waals surface area (Å²) in [4.78, 5) is 10.7. The molecule has 3 nitrogen and oxygen atoms in total. The van der Waals surface area contributed by atoms with E-state index in [1.54, 1.807) is 0 Å². The predicted octanol–water partition coefficient (Wildman–Crippen LogP) is 4.00. The molecular weight excluding hydrogens is 202 g/mol. The number of rotatable bonds is 10. The zero-order valence-corrected chi connectivity index (χ0v) is 10.8. The second kappa shape index (κ2) is 10.8. The van der Waals surface area contributed by atoms with Gasteiger partial charge < -0.3 is 10.5 Å². The van der Waals surface area contributed by atoms with Crippen molar-refractivity contribution >= 4 is 6.09 Å². The van der Waals surface area contributed by atoms with Crippen LogP contribution in [0.15, 0.2) is 0 Å². The van der Waals surface area contributed by atoms with Crippen molar-refractivity contribution in [3.8, 4) is 0 Å². The lowest BCUT2D eigenvalue weighted by Crippen LogP contribution is -2.22. The van der Waals surface area contributed by atoms with Crippen molar-refractivity contribution in [3.05, 3.63) is 0 Å². The van der Waals surface area contributed by atoms with E-state index in [1.807, 2.05) is 0 Å². The van der Waals surface area contributed by atoms with Gasteiger partial charge in [-0.1, -0.05) is 52.4 Å². The fourth-order valence-electron chi connectivity index (χ4n) is 1.83. The Morgan fingerprint density at radius 3 is 2.12 bits per heavy atom. The Morgan fingerprint density at radius 1 is 1.00 bits per heavy atom. The molecule has 0 rings (SSSR count). The first kappa shape index (κ1) is 15.3. The van der Waals surface area contributed by atoms with Crippen LogP contribution in [0.5, 0.6) is 0 Å². The van der Waals surface area contributed by atoms with Gasteiger partial charge in [-0.2, -0.15) is 0 Å². The van der Waals surface area contributed by atoms with Crippen molar-refractivity contribution in [1.29, 1.82) is 0 Å². The number of carbonyl (C=O) groups excluding carboxylic acids is 1. The van der Waals surface area contributed by atoms with Gasteiger partial charge in [0, 0.05) is 0 Å². The maximum Gasteiger partial charge on any atom is 0.404 e. The van der Waals surface area contributed by atoms with E-state index in [-0.39, 0.29) is 6.10 Å². The number of hydrogen-bond donors (Lipinski definition) is 1. The molecule has 0 bridgehead atoms. The Kier molecular flexibility index (Phi) is 10.3. The number of primary amides is 1. The molecule has 0 spiro atoms. The first-order valence-corrected chi connectivity index (χ1v) is 6.66. The van der Waals surface area contributed by atoms with Crippen LogP contribution in [0.25, 0.3) is 0 Å². The first-order valence-electron chi connectivity index (χ1n) is 6.66. The highest BCUT2D eigenvalue weighted by Crippen LogP contribution is 2.14. The summed E-state index contributed by atoms with van der Waals surface area (Å²) in [6, 6.07) is 0. The fraction of sp³-hybridized carbons (Fsp3) is 0.923. The maximum absolute atomic E-state index is 10.7. The standard InChI is InChI=1S/C13H27NO2/c1-3-5-7-8-9-11-12(10-6-4-2)16-13(14)15/h12H,3-11H2,1-2H3,(H2,14,15). The topological polar surface area (TPSA) is 52.3 Å². The summed E-state index contributed by atoms with van der Waals surface area (Å²) < 4.78 is 5.10. The second-order valence-electron chi connectivity index (χ2n) is 4.40. The Bertz CT molecular complexity index is 171. The summed E-state index contributed by atoms with van der Waals surface area (Å²) in [7, 11) is 0. The van der Waals surface area contributed by atoms with Crippen molar-refractivity contribution in [2.24, 2.45) is 5.73 Å². The Labute approximate surface area is 99.7 Å². The highest BCUT2D eigenvalue weighted by molar-refractivity contribution is 5.64. The molecule has 1 atom stereocenters. The Balaban J connectivity index is 3.60. The van der Waals surface area contributed by atoms with E-state index in [4.69, 9.17) is 10.5 Å². The summed E-state index contributed by atoms with van der Waals surface area (Å²) in [6.45, 7) is 4.35. The van der Waals surface area contributed by atoms with Gasteiger partial charge >= 0.3 is 6.09 Å². The van der Waals surface area contributed by atoms with Crippen molar-refractivity contribution in [2.75, 3.05) is 0 Å². The molecular formula is C13H27NO2. The highest BCUT2D eigenvalue weighted by Gasteiger charge is 2.11. The van der Waals surface area contributed by atoms with Crippen LogP contribution in [0.4, 0.5) is 4.79 Å². The summed E-state index contributed by atoms with van der Waals surface area (Å²) >= 11 is 0. The molecule has 0 radical (unpaired) electrons. The minimum absolute atomic E-state index is 0.0408. The number of nitrogens with two attached hydrogens (primary N) is 1. The number of amides is 1. The molecule has 0 aromatic rings. The molecule has 96 valence electrons. The van der Waals surface area contributed by atoms with Crippen LogP contribution >= 0.6 is 0 Å². The molecule has 16 heavy (non-hydrogen) atoms. The fourth-order valence-corrected chi connectivity index (χ4v) is 1.83. The molecule has 0 aliphatic heterocycles. The average molecular weight is 229 g/mol. The zero-order chi connectivity index (χ0) is 12.2. The Morgan fingerprint density at radius 2 is 1.56 bits per heavy atom. The largest absolute Gasteiger partial charge is 0.446 e. The molecule has 0 aromatic heterocycles. The summed E-state index contributed by atoms with van der Waals surface area (Å²) in [5, 5.41) is 0. The number of carbonyl (C=O) groups is 1. The first-order chi connectivity index (χ1) is 7.70. The van der Waals surface area contributed by atoms with Crippen LogP contribution in [0.3, 0.4) is 0 Å². The lowest BCUT2D eigenvalue weighted by molar-refractivity contribution is 0.0925. The minimum atomic E-state index is -0.630. The number of hydrogen-bond acceptors (Lipinski definition) is 2. The molecule has 2 N–H and O–H groups in total. The van der Waals surface area contributed by atoms with Crippen molar-refractivity contribution in [3.63, 3.8) is 0 Å². The van der Waals surface area contributed by atoms with Crippen LogP contribution in [-0.2, 0) is 4.74 Å². The molecule has 1 unspecified atom stereocenters. The molecule has 0 aliphatic rings. The van der Waals surface area contributed by atoms with E-state index < -0.39 is 6.09 Å². The van der Waals surface area contributed by atoms with Crippen LogP contribution in [0.2, 0.25) is 0 Å². The van der Waals surface area contributed by atoms with E-state index >= 15 is 0 Å². The van der Waals surface area contributed by atoms with E-state index in [9.17, 15) is 4.79 Å². The van der Waals surface area contributed by atoms with Crippen LogP contribution in [0, 0.1) is 0 Å². The SMILES string of the molecule is CCCCCCCC(CCCC)OC(N)=O. The lowest BCUT2D eigenvalue weighted by atomic mass is 10.0. The Hall–Kier alpha value is -0.730. The summed E-state index contributed by atoms with van der Waals surface area (Å²) in [5.41, 5.74) is 5.06. The van der Waals surface area contributed by atoms with E-state index in [0.717, 1.165) is 32.1 Å². The third-order valence-electron chi connectivity index (χ3n) is 2.79. The van der Waals surface area contributed by atoms with Gasteiger partial charge in [-0.05, 0) is 19.3 Å². The van der Waals surface area contributed by atoms with Gasteiger partial charge in [-0.3, -0.25) is 0 Å². The normalized spacial score (nSPS) is 12.4. The molecule has 1 amide bonds. The van der Waals surface area contributed by atoms with E-state index in [0.29, 0.717) is 0 Å². The van der Waals surface area contributed by atoms with Gasteiger partial charge in [-0.25, -0.2) is 4.79 Å². The monoisotopic (exact) mass is 229 g/mol.